The lowest BCUT2D eigenvalue weighted by Crippen LogP contribution is -2.39. The van der Waals surface area contributed by atoms with Gasteiger partial charge in [0.1, 0.15) is 5.82 Å². The van der Waals surface area contributed by atoms with E-state index in [2.05, 4.69) is 0 Å². The third-order valence-electron chi connectivity index (χ3n) is 3.42. The average Bonchev–Trinajstić information content (AvgIpc) is 2.47. The van der Waals surface area contributed by atoms with Crippen LogP contribution in [0.1, 0.15) is 25.3 Å². The summed E-state index contributed by atoms with van der Waals surface area (Å²) in [5.41, 5.74) is 0.939. The molecule has 4 nitrogen and oxygen atoms in total. The van der Waals surface area contributed by atoms with Gasteiger partial charge in [-0.3, -0.25) is 4.79 Å². The van der Waals surface area contributed by atoms with E-state index in [1.807, 2.05) is 11.0 Å². The molecule has 0 aromatic heterocycles. The fraction of sp³-hybridized carbons (Fsp3) is 0.467. The monoisotopic (exact) mass is 276 g/mol. The number of halogens is 1. The van der Waals surface area contributed by atoms with Gasteiger partial charge in [-0.05, 0) is 38.0 Å². The number of hydrogen-bond donors (Lipinski definition) is 0. The largest absolute Gasteiger partial charge is 0.466 e. The van der Waals surface area contributed by atoms with Crippen LogP contribution in [0.5, 0.6) is 0 Å². The highest BCUT2D eigenvalue weighted by molar-refractivity contribution is 5.73. The van der Waals surface area contributed by atoms with Crippen molar-refractivity contribution in [2.45, 2.75) is 19.8 Å². The van der Waals surface area contributed by atoms with Crippen molar-refractivity contribution in [1.82, 2.24) is 0 Å². The number of esters is 1. The predicted octanol–water partition coefficient (Wildman–Crippen LogP) is 2.48. The highest BCUT2D eigenvalue weighted by Gasteiger charge is 2.27. The first kappa shape index (κ1) is 14.3. The lowest BCUT2D eigenvalue weighted by atomic mass is 9.97. The third kappa shape index (κ3) is 3.27. The fourth-order valence-corrected chi connectivity index (χ4v) is 2.49. The summed E-state index contributed by atoms with van der Waals surface area (Å²) in [6.07, 6.45) is 1.64. The van der Waals surface area contributed by atoms with Gasteiger partial charge in [-0.2, -0.15) is 5.26 Å². The number of rotatable bonds is 3. The first-order chi connectivity index (χ1) is 9.63. The molecule has 2 rings (SSSR count). The van der Waals surface area contributed by atoms with Crippen molar-refractivity contribution in [2.75, 3.05) is 24.6 Å². The van der Waals surface area contributed by atoms with Gasteiger partial charge >= 0.3 is 5.97 Å². The zero-order valence-electron chi connectivity index (χ0n) is 11.4. The van der Waals surface area contributed by atoms with Crippen LogP contribution in [0.15, 0.2) is 18.2 Å². The number of carbonyl (C=O) groups is 1. The quantitative estimate of drug-likeness (QED) is 0.796. The SMILES string of the molecule is CCOC(=O)C1CCCN(c2cc(F)cc(C#N)c2)C1. The van der Waals surface area contributed by atoms with Gasteiger partial charge in [0, 0.05) is 18.8 Å². The summed E-state index contributed by atoms with van der Waals surface area (Å²) in [4.78, 5) is 13.7. The molecule has 0 spiro atoms. The molecule has 0 saturated carbocycles. The Bertz CT molecular complexity index is 539. The molecule has 1 aliphatic rings. The molecule has 0 amide bonds. The molecule has 1 unspecified atom stereocenters. The minimum Gasteiger partial charge on any atom is -0.466 e. The molecule has 0 radical (unpaired) electrons. The van der Waals surface area contributed by atoms with Crippen molar-refractivity contribution >= 4 is 11.7 Å². The van der Waals surface area contributed by atoms with Crippen molar-refractivity contribution < 1.29 is 13.9 Å². The lowest BCUT2D eigenvalue weighted by Gasteiger charge is -2.33. The summed E-state index contributed by atoms with van der Waals surface area (Å²) < 4.78 is 18.5. The highest BCUT2D eigenvalue weighted by atomic mass is 19.1. The van der Waals surface area contributed by atoms with E-state index in [1.165, 1.54) is 12.1 Å². The average molecular weight is 276 g/mol. The molecule has 1 aromatic carbocycles. The fourth-order valence-electron chi connectivity index (χ4n) is 2.49. The second-order valence-electron chi connectivity index (χ2n) is 4.85. The van der Waals surface area contributed by atoms with Crippen molar-refractivity contribution in [2.24, 2.45) is 5.92 Å². The Kier molecular flexibility index (Phi) is 4.57. The van der Waals surface area contributed by atoms with Crippen LogP contribution in [-0.4, -0.2) is 25.7 Å². The van der Waals surface area contributed by atoms with Gasteiger partial charge in [0.05, 0.1) is 24.2 Å². The molecular formula is C15H17FN2O2. The normalized spacial score (nSPS) is 18.4. The van der Waals surface area contributed by atoms with Crippen LogP contribution in [-0.2, 0) is 9.53 Å². The Morgan fingerprint density at radius 1 is 1.55 bits per heavy atom. The van der Waals surface area contributed by atoms with E-state index in [0.717, 1.165) is 19.4 Å². The van der Waals surface area contributed by atoms with E-state index in [0.29, 0.717) is 24.4 Å². The van der Waals surface area contributed by atoms with Gasteiger partial charge in [-0.1, -0.05) is 0 Å². The maximum absolute atomic E-state index is 13.5. The first-order valence-electron chi connectivity index (χ1n) is 6.76. The molecule has 0 N–H and O–H groups in total. The van der Waals surface area contributed by atoms with Gasteiger partial charge in [0.25, 0.3) is 0 Å². The lowest BCUT2D eigenvalue weighted by molar-refractivity contribution is -0.148. The molecule has 1 saturated heterocycles. The number of carbonyl (C=O) groups excluding carboxylic acids is 1. The molecule has 1 fully saturated rings. The Hall–Kier alpha value is -2.09. The first-order valence-corrected chi connectivity index (χ1v) is 6.76. The van der Waals surface area contributed by atoms with Crippen LogP contribution < -0.4 is 4.90 Å². The number of ether oxygens (including phenoxy) is 1. The summed E-state index contributed by atoms with van der Waals surface area (Å²) in [6, 6.07) is 6.19. The summed E-state index contributed by atoms with van der Waals surface area (Å²) >= 11 is 0. The molecule has 106 valence electrons. The van der Waals surface area contributed by atoms with Crippen LogP contribution in [0.2, 0.25) is 0 Å². The van der Waals surface area contributed by atoms with Crippen molar-refractivity contribution in [1.29, 1.82) is 5.26 Å². The van der Waals surface area contributed by atoms with Gasteiger partial charge < -0.3 is 9.64 Å². The molecular weight excluding hydrogens is 259 g/mol. The molecule has 1 atom stereocenters. The number of nitrogens with zero attached hydrogens (tertiary/aromatic N) is 2. The molecule has 1 aliphatic heterocycles. The molecule has 5 heteroatoms. The van der Waals surface area contributed by atoms with Gasteiger partial charge in [-0.15, -0.1) is 0 Å². The van der Waals surface area contributed by atoms with Gasteiger partial charge in [-0.25, -0.2) is 4.39 Å². The second-order valence-corrected chi connectivity index (χ2v) is 4.85. The third-order valence-corrected chi connectivity index (χ3v) is 3.42. The highest BCUT2D eigenvalue weighted by Crippen LogP contribution is 2.25. The van der Waals surface area contributed by atoms with Crippen molar-refractivity contribution in [3.05, 3.63) is 29.6 Å². The van der Waals surface area contributed by atoms with Crippen LogP contribution in [0.25, 0.3) is 0 Å². The molecule has 0 aliphatic carbocycles. The number of benzene rings is 1. The predicted molar refractivity (Wildman–Crippen MR) is 72.7 cm³/mol. The molecule has 0 bridgehead atoms. The molecule has 20 heavy (non-hydrogen) atoms. The Labute approximate surface area is 117 Å². The second kappa shape index (κ2) is 6.38. The molecule has 1 aromatic rings. The summed E-state index contributed by atoms with van der Waals surface area (Å²) in [6.45, 7) is 3.41. The van der Waals surface area contributed by atoms with Crippen molar-refractivity contribution in [3.8, 4) is 6.07 Å². The minimum absolute atomic E-state index is 0.183. The van der Waals surface area contributed by atoms with Crippen molar-refractivity contribution in [3.63, 3.8) is 0 Å². The maximum Gasteiger partial charge on any atom is 0.310 e. The Balaban J connectivity index is 2.15. The van der Waals surface area contributed by atoms with Crippen LogP contribution in [0.4, 0.5) is 10.1 Å². The van der Waals surface area contributed by atoms with Gasteiger partial charge in [0.15, 0.2) is 0 Å². The van der Waals surface area contributed by atoms with E-state index in [-0.39, 0.29) is 11.9 Å². The van der Waals surface area contributed by atoms with E-state index in [4.69, 9.17) is 10.00 Å². The van der Waals surface area contributed by atoms with Gasteiger partial charge in [0.2, 0.25) is 0 Å². The zero-order chi connectivity index (χ0) is 14.5. The van der Waals surface area contributed by atoms with E-state index < -0.39 is 5.82 Å². The summed E-state index contributed by atoms with van der Waals surface area (Å²) in [5.74, 6) is -0.816. The summed E-state index contributed by atoms with van der Waals surface area (Å²) in [5, 5.41) is 8.89. The van der Waals surface area contributed by atoms with Crippen LogP contribution >= 0.6 is 0 Å². The van der Waals surface area contributed by atoms with E-state index >= 15 is 0 Å². The maximum atomic E-state index is 13.5. The smallest absolute Gasteiger partial charge is 0.310 e. The van der Waals surface area contributed by atoms with E-state index in [9.17, 15) is 9.18 Å². The summed E-state index contributed by atoms with van der Waals surface area (Å²) in [7, 11) is 0. The standard InChI is InChI=1S/C15H17FN2O2/c1-2-20-15(19)12-4-3-5-18(10-12)14-7-11(9-17)6-13(16)8-14/h6-8,12H,2-5,10H2,1H3. The number of piperidine rings is 1. The van der Waals surface area contributed by atoms with Crippen LogP contribution in [0, 0.1) is 23.1 Å². The zero-order valence-corrected chi connectivity index (χ0v) is 11.4. The van der Waals surface area contributed by atoms with Crippen LogP contribution in [0.3, 0.4) is 0 Å². The number of anilines is 1. The Morgan fingerprint density at radius 2 is 2.35 bits per heavy atom. The Morgan fingerprint density at radius 3 is 3.05 bits per heavy atom. The number of hydrogen-bond acceptors (Lipinski definition) is 4. The van der Waals surface area contributed by atoms with E-state index in [1.54, 1.807) is 13.0 Å². The molecule has 1 heterocycles. The topological polar surface area (TPSA) is 53.3 Å². The number of nitriles is 1. The minimum atomic E-state index is -0.433.